The van der Waals surface area contributed by atoms with E-state index in [1.807, 2.05) is 22.8 Å². The normalized spacial score (nSPS) is 26.5. The van der Waals surface area contributed by atoms with E-state index in [-0.39, 0.29) is 29.5 Å². The van der Waals surface area contributed by atoms with E-state index >= 15 is 0 Å². The van der Waals surface area contributed by atoms with Gasteiger partial charge in [0.15, 0.2) is 0 Å². The number of carbonyl (C=O) groups is 2. The van der Waals surface area contributed by atoms with Gasteiger partial charge in [0.05, 0.1) is 12.2 Å². The Kier molecular flexibility index (Phi) is 6.52. The summed E-state index contributed by atoms with van der Waals surface area (Å²) in [6.07, 6.45) is 6.90. The first-order valence-corrected chi connectivity index (χ1v) is 14.1. The molecule has 2 saturated heterocycles. The maximum Gasteiger partial charge on any atom is 0.222 e. The molecule has 1 unspecified atom stereocenters. The number of rotatable bonds is 5. The number of likely N-dealkylation sites (tertiary alicyclic amines) is 1. The lowest BCUT2D eigenvalue weighted by atomic mass is 9.87. The van der Waals surface area contributed by atoms with Crippen LogP contribution in [0.15, 0.2) is 36.0 Å². The zero-order valence-electron chi connectivity index (χ0n) is 22.7. The van der Waals surface area contributed by atoms with E-state index in [9.17, 15) is 14.0 Å². The molecular formula is C30H38FN5O2. The van der Waals surface area contributed by atoms with Gasteiger partial charge in [0.2, 0.25) is 11.8 Å². The van der Waals surface area contributed by atoms with Gasteiger partial charge in [-0.2, -0.15) is 0 Å². The standard InChI is InChI=1S/C30H38FN5O2/c1-4-30(38)33-11-10-29-28(18-33)32-19(2)36(29)26-13-24-8-9-25(14-26)35(24)16-22-15-34(20(3)37)17-27(22)21-6-5-7-23(31)12-21/h5-8,12,22,25-27H,4,9-11,13-18H2,1-3H3/t22-,25+,26?,27-/m1/s1. The van der Waals surface area contributed by atoms with Gasteiger partial charge < -0.3 is 19.3 Å². The van der Waals surface area contributed by atoms with Crippen LogP contribution in [0.5, 0.6) is 0 Å². The number of fused-ring (bicyclic) bond motifs is 3. The van der Waals surface area contributed by atoms with Gasteiger partial charge in [-0.05, 0) is 37.5 Å². The molecule has 38 heavy (non-hydrogen) atoms. The summed E-state index contributed by atoms with van der Waals surface area (Å²) >= 11 is 0. The zero-order chi connectivity index (χ0) is 26.6. The highest BCUT2D eigenvalue weighted by atomic mass is 19.1. The second-order valence-electron chi connectivity index (χ2n) is 11.5. The fourth-order valence-electron chi connectivity index (χ4n) is 7.42. The van der Waals surface area contributed by atoms with Crippen LogP contribution in [-0.4, -0.2) is 68.3 Å². The van der Waals surface area contributed by atoms with E-state index in [1.54, 1.807) is 19.1 Å². The van der Waals surface area contributed by atoms with Gasteiger partial charge >= 0.3 is 0 Å². The lowest BCUT2D eigenvalue weighted by molar-refractivity contribution is -0.132. The first-order valence-electron chi connectivity index (χ1n) is 14.1. The number of halogens is 1. The van der Waals surface area contributed by atoms with Crippen LogP contribution in [-0.2, 0) is 22.6 Å². The van der Waals surface area contributed by atoms with Crippen molar-refractivity contribution in [1.29, 1.82) is 0 Å². The van der Waals surface area contributed by atoms with E-state index in [1.165, 1.54) is 17.5 Å². The number of hydrogen-bond acceptors (Lipinski definition) is 4. The largest absolute Gasteiger partial charge is 0.371 e. The van der Waals surface area contributed by atoms with Crippen molar-refractivity contribution in [1.82, 2.24) is 24.3 Å². The van der Waals surface area contributed by atoms with E-state index in [2.05, 4.69) is 22.5 Å². The van der Waals surface area contributed by atoms with Crippen molar-refractivity contribution < 1.29 is 14.0 Å². The third kappa shape index (κ3) is 4.41. The number of imidazole rings is 1. The summed E-state index contributed by atoms with van der Waals surface area (Å²) in [6.45, 7) is 9.31. The van der Waals surface area contributed by atoms with Crippen molar-refractivity contribution >= 4 is 11.8 Å². The van der Waals surface area contributed by atoms with Crippen molar-refractivity contribution in [3.05, 3.63) is 64.6 Å². The average molecular weight is 520 g/mol. The van der Waals surface area contributed by atoms with Gasteiger partial charge in [-0.15, -0.1) is 0 Å². The Morgan fingerprint density at radius 2 is 2.00 bits per heavy atom. The molecule has 2 amide bonds. The Balaban J connectivity index is 1.19. The number of piperidine rings is 1. The molecule has 4 atom stereocenters. The molecule has 202 valence electrons. The van der Waals surface area contributed by atoms with Gasteiger partial charge in [0.25, 0.3) is 0 Å². The predicted molar refractivity (Wildman–Crippen MR) is 143 cm³/mol. The third-order valence-corrected chi connectivity index (χ3v) is 9.27. The summed E-state index contributed by atoms with van der Waals surface area (Å²) in [5.41, 5.74) is 4.75. The van der Waals surface area contributed by atoms with E-state index in [0.717, 1.165) is 62.4 Å². The van der Waals surface area contributed by atoms with Crippen LogP contribution in [0, 0.1) is 18.7 Å². The van der Waals surface area contributed by atoms with Gasteiger partial charge in [-0.25, -0.2) is 9.37 Å². The molecule has 2 bridgehead atoms. The van der Waals surface area contributed by atoms with Crippen molar-refractivity contribution in [3.8, 4) is 0 Å². The first-order chi connectivity index (χ1) is 18.3. The fourth-order valence-corrected chi connectivity index (χ4v) is 7.42. The molecule has 6 rings (SSSR count). The van der Waals surface area contributed by atoms with Crippen molar-refractivity contribution in [2.75, 3.05) is 26.2 Å². The number of aromatic nitrogens is 2. The van der Waals surface area contributed by atoms with Crippen LogP contribution in [0.3, 0.4) is 0 Å². The molecule has 4 aliphatic rings. The van der Waals surface area contributed by atoms with Crippen LogP contribution in [0.2, 0.25) is 0 Å². The number of benzene rings is 1. The SMILES string of the molecule is CCC(=O)N1CCc2c(nc(C)n2C2CC3=CC[C@@H](C2)N3C[C@H]2CN(C(C)=O)C[C@@H]2c2cccc(F)c2)C1. The smallest absolute Gasteiger partial charge is 0.222 e. The van der Waals surface area contributed by atoms with Crippen LogP contribution >= 0.6 is 0 Å². The minimum Gasteiger partial charge on any atom is -0.371 e. The highest BCUT2D eigenvalue weighted by Crippen LogP contribution is 2.44. The molecule has 1 aromatic heterocycles. The summed E-state index contributed by atoms with van der Waals surface area (Å²) in [5.74, 6) is 1.54. The van der Waals surface area contributed by atoms with E-state index in [0.29, 0.717) is 31.6 Å². The van der Waals surface area contributed by atoms with Gasteiger partial charge in [0, 0.05) is 87.7 Å². The number of hydrogen-bond donors (Lipinski definition) is 0. The van der Waals surface area contributed by atoms with E-state index < -0.39 is 0 Å². The molecular weight excluding hydrogens is 481 g/mol. The third-order valence-electron chi connectivity index (χ3n) is 9.27. The summed E-state index contributed by atoms with van der Waals surface area (Å²) < 4.78 is 16.5. The average Bonchev–Trinajstić information content (AvgIpc) is 3.54. The van der Waals surface area contributed by atoms with E-state index in [4.69, 9.17) is 4.98 Å². The molecule has 7 nitrogen and oxygen atoms in total. The molecule has 0 spiro atoms. The number of allylic oxidation sites excluding steroid dienone is 1. The Bertz CT molecular complexity index is 1290. The second-order valence-corrected chi connectivity index (χ2v) is 11.5. The quantitative estimate of drug-likeness (QED) is 0.595. The Morgan fingerprint density at radius 1 is 1.16 bits per heavy atom. The molecule has 2 aromatic rings. The monoisotopic (exact) mass is 519 g/mol. The van der Waals surface area contributed by atoms with Crippen LogP contribution in [0.4, 0.5) is 4.39 Å². The molecule has 8 heteroatoms. The molecule has 1 aromatic carbocycles. The van der Waals surface area contributed by atoms with Crippen molar-refractivity contribution in [2.45, 2.75) is 77.4 Å². The van der Waals surface area contributed by atoms with Crippen molar-refractivity contribution in [3.63, 3.8) is 0 Å². The lowest BCUT2D eigenvalue weighted by Crippen LogP contribution is -2.42. The Hall–Kier alpha value is -3.16. The topological polar surface area (TPSA) is 61.7 Å². The number of carbonyl (C=O) groups excluding carboxylic acids is 2. The molecule has 0 aliphatic carbocycles. The minimum absolute atomic E-state index is 0.0920. The number of amides is 2. The fraction of sp³-hybridized carbons (Fsp3) is 0.567. The molecule has 4 aliphatic heterocycles. The summed E-state index contributed by atoms with van der Waals surface area (Å²) in [7, 11) is 0. The Morgan fingerprint density at radius 3 is 2.74 bits per heavy atom. The number of aryl methyl sites for hydroxylation is 1. The maximum atomic E-state index is 14.1. The maximum absolute atomic E-state index is 14.1. The lowest BCUT2D eigenvalue weighted by Gasteiger charge is -2.41. The molecule has 5 heterocycles. The minimum atomic E-state index is -0.215. The number of nitrogens with zero attached hydrogens (tertiary/aromatic N) is 5. The Labute approximate surface area is 224 Å². The summed E-state index contributed by atoms with van der Waals surface area (Å²) in [4.78, 5) is 35.9. The van der Waals surface area contributed by atoms with Gasteiger partial charge in [0.1, 0.15) is 11.6 Å². The van der Waals surface area contributed by atoms with Crippen molar-refractivity contribution in [2.24, 2.45) is 5.92 Å². The molecule has 0 saturated carbocycles. The molecule has 0 N–H and O–H groups in total. The molecule has 2 fully saturated rings. The predicted octanol–water partition coefficient (Wildman–Crippen LogP) is 4.18. The highest BCUT2D eigenvalue weighted by molar-refractivity contribution is 5.76. The first kappa shape index (κ1) is 25.1. The molecule has 0 radical (unpaired) electrons. The van der Waals surface area contributed by atoms with Crippen LogP contribution < -0.4 is 0 Å². The van der Waals surface area contributed by atoms with Gasteiger partial charge in [-0.3, -0.25) is 9.59 Å². The van der Waals surface area contributed by atoms with Crippen LogP contribution in [0.1, 0.15) is 74.3 Å². The zero-order valence-corrected chi connectivity index (χ0v) is 22.7. The second kappa shape index (κ2) is 9.86. The summed E-state index contributed by atoms with van der Waals surface area (Å²) in [6, 6.07) is 7.73. The van der Waals surface area contributed by atoms with Gasteiger partial charge in [-0.1, -0.05) is 25.1 Å². The highest BCUT2D eigenvalue weighted by Gasteiger charge is 2.42. The summed E-state index contributed by atoms with van der Waals surface area (Å²) in [5, 5.41) is 0. The van der Waals surface area contributed by atoms with Crippen LogP contribution in [0.25, 0.3) is 0 Å².